The Balaban J connectivity index is 2.13. The minimum Gasteiger partial charge on any atom is -0.469 e. The Bertz CT molecular complexity index is 366. The summed E-state index contributed by atoms with van der Waals surface area (Å²) in [4.78, 5) is 4.61. The summed E-state index contributed by atoms with van der Waals surface area (Å²) in [6, 6.07) is 3.92. The number of furan rings is 1. The highest BCUT2D eigenvalue weighted by Gasteiger charge is 1.99. The van der Waals surface area contributed by atoms with E-state index in [1.807, 2.05) is 23.9 Å². The van der Waals surface area contributed by atoms with Gasteiger partial charge in [0.2, 0.25) is 0 Å². The van der Waals surface area contributed by atoms with Crippen LogP contribution in [-0.4, -0.2) is 37.6 Å². The molecule has 1 aromatic heterocycles. The average molecular weight is 311 g/mol. The van der Waals surface area contributed by atoms with Crippen LogP contribution in [0.4, 0.5) is 0 Å². The van der Waals surface area contributed by atoms with Crippen LogP contribution < -0.4 is 10.6 Å². The van der Waals surface area contributed by atoms with Crippen molar-refractivity contribution < 1.29 is 4.42 Å². The molecule has 1 aromatic rings. The van der Waals surface area contributed by atoms with E-state index in [9.17, 15) is 0 Å². The second-order valence-corrected chi connectivity index (χ2v) is 5.91. The van der Waals surface area contributed by atoms with E-state index in [0.29, 0.717) is 0 Å². The molecular weight excluding hydrogens is 282 g/mol. The Hall–Kier alpha value is -1.10. The number of rotatable bonds is 11. The highest BCUT2D eigenvalue weighted by molar-refractivity contribution is 7.98. The van der Waals surface area contributed by atoms with Gasteiger partial charge in [-0.05, 0) is 43.9 Å². The summed E-state index contributed by atoms with van der Waals surface area (Å²) in [6.45, 7) is 4.72. The van der Waals surface area contributed by atoms with E-state index in [0.717, 1.165) is 37.8 Å². The summed E-state index contributed by atoms with van der Waals surface area (Å²) < 4.78 is 5.32. The molecule has 21 heavy (non-hydrogen) atoms. The molecule has 0 atom stereocenters. The molecule has 0 aliphatic carbocycles. The molecule has 0 spiro atoms. The maximum atomic E-state index is 5.32. The molecule has 5 heteroatoms. The lowest BCUT2D eigenvalue weighted by Crippen LogP contribution is -2.38. The maximum absolute atomic E-state index is 5.32. The first-order valence-corrected chi connectivity index (χ1v) is 9.29. The monoisotopic (exact) mass is 311 g/mol. The van der Waals surface area contributed by atoms with Crippen molar-refractivity contribution >= 4 is 17.7 Å². The van der Waals surface area contributed by atoms with Crippen molar-refractivity contribution in [2.75, 3.05) is 31.6 Å². The van der Waals surface area contributed by atoms with Crippen LogP contribution in [0.25, 0.3) is 0 Å². The highest BCUT2D eigenvalue weighted by Crippen LogP contribution is 2.04. The summed E-state index contributed by atoms with van der Waals surface area (Å²) in [5.41, 5.74) is 0. The number of nitrogens with one attached hydrogen (secondary N) is 2. The lowest BCUT2D eigenvalue weighted by atomic mass is 10.2. The molecule has 0 amide bonds. The van der Waals surface area contributed by atoms with Gasteiger partial charge in [-0.3, -0.25) is 4.99 Å². The minimum absolute atomic E-state index is 0.840. The molecular formula is C16H29N3OS. The van der Waals surface area contributed by atoms with Crippen LogP contribution in [-0.2, 0) is 6.42 Å². The van der Waals surface area contributed by atoms with Crippen LogP contribution in [0.3, 0.4) is 0 Å². The van der Waals surface area contributed by atoms with Crippen molar-refractivity contribution in [2.24, 2.45) is 4.99 Å². The smallest absolute Gasteiger partial charge is 0.191 e. The molecule has 0 fully saturated rings. The number of aliphatic imine (C=N–C) groups is 1. The number of thioether (sulfide) groups is 1. The minimum atomic E-state index is 0.840. The zero-order valence-corrected chi connectivity index (χ0v) is 14.2. The largest absolute Gasteiger partial charge is 0.469 e. The van der Waals surface area contributed by atoms with Crippen molar-refractivity contribution in [3.05, 3.63) is 24.2 Å². The first kappa shape index (κ1) is 18.0. The molecule has 0 saturated carbocycles. The topological polar surface area (TPSA) is 49.6 Å². The Kier molecular flexibility index (Phi) is 10.8. The van der Waals surface area contributed by atoms with E-state index in [-0.39, 0.29) is 0 Å². The Labute approximate surface area is 133 Å². The van der Waals surface area contributed by atoms with Crippen molar-refractivity contribution in [2.45, 2.75) is 39.0 Å². The number of guanidine groups is 1. The highest BCUT2D eigenvalue weighted by atomic mass is 32.2. The van der Waals surface area contributed by atoms with Crippen molar-refractivity contribution in [1.29, 1.82) is 0 Å². The third-order valence-corrected chi connectivity index (χ3v) is 3.81. The van der Waals surface area contributed by atoms with Crippen LogP contribution in [0.2, 0.25) is 0 Å². The predicted octanol–water partition coefficient (Wildman–Crippen LogP) is 3.30. The number of nitrogens with zero attached hydrogens (tertiary/aromatic N) is 1. The van der Waals surface area contributed by atoms with E-state index >= 15 is 0 Å². The summed E-state index contributed by atoms with van der Waals surface area (Å²) in [7, 11) is 0. The lowest BCUT2D eigenvalue weighted by Gasteiger charge is -2.10. The average Bonchev–Trinajstić information content (AvgIpc) is 2.99. The lowest BCUT2D eigenvalue weighted by molar-refractivity contribution is 0.507. The molecule has 1 rings (SSSR count). The van der Waals surface area contributed by atoms with Gasteiger partial charge in [-0.25, -0.2) is 0 Å². The van der Waals surface area contributed by atoms with E-state index in [1.54, 1.807) is 6.26 Å². The molecule has 0 unspecified atom stereocenters. The fraction of sp³-hybridized carbons (Fsp3) is 0.688. The second-order valence-electron chi connectivity index (χ2n) is 4.92. The molecule has 0 saturated heterocycles. The molecule has 2 N–H and O–H groups in total. The standard InChI is InChI=1S/C16H29N3OS/c1-3-17-16(18-11-6-4-5-7-14-21-2)19-12-10-15-9-8-13-20-15/h8-9,13H,3-7,10-12,14H2,1-2H3,(H2,17,18,19). The summed E-state index contributed by atoms with van der Waals surface area (Å²) >= 11 is 1.93. The Morgan fingerprint density at radius 3 is 2.81 bits per heavy atom. The third-order valence-electron chi connectivity index (χ3n) is 3.11. The van der Waals surface area contributed by atoms with Crippen LogP contribution in [0.15, 0.2) is 27.8 Å². The van der Waals surface area contributed by atoms with Gasteiger partial charge in [0.1, 0.15) is 5.76 Å². The van der Waals surface area contributed by atoms with Gasteiger partial charge in [-0.1, -0.05) is 12.8 Å². The van der Waals surface area contributed by atoms with Crippen LogP contribution >= 0.6 is 11.8 Å². The summed E-state index contributed by atoms with van der Waals surface area (Å²) in [6.07, 6.45) is 9.85. The van der Waals surface area contributed by atoms with E-state index in [1.165, 1.54) is 31.4 Å². The third kappa shape index (κ3) is 9.45. The fourth-order valence-electron chi connectivity index (χ4n) is 2.00. The molecule has 0 aliphatic heterocycles. The van der Waals surface area contributed by atoms with Crippen molar-refractivity contribution in [3.63, 3.8) is 0 Å². The number of hydrogen-bond acceptors (Lipinski definition) is 3. The summed E-state index contributed by atoms with van der Waals surface area (Å²) in [5, 5.41) is 6.62. The molecule has 0 aliphatic rings. The van der Waals surface area contributed by atoms with Gasteiger partial charge in [0.25, 0.3) is 0 Å². The molecule has 0 radical (unpaired) electrons. The normalized spacial score (nSPS) is 11.6. The van der Waals surface area contributed by atoms with Gasteiger partial charge < -0.3 is 15.1 Å². The fourth-order valence-corrected chi connectivity index (χ4v) is 2.50. The molecule has 0 aromatic carbocycles. The van der Waals surface area contributed by atoms with Crippen LogP contribution in [0.5, 0.6) is 0 Å². The van der Waals surface area contributed by atoms with Gasteiger partial charge in [0.15, 0.2) is 5.96 Å². The second kappa shape index (κ2) is 12.6. The maximum Gasteiger partial charge on any atom is 0.191 e. The van der Waals surface area contributed by atoms with E-state index < -0.39 is 0 Å². The Morgan fingerprint density at radius 2 is 2.10 bits per heavy atom. The van der Waals surface area contributed by atoms with Crippen LogP contribution in [0.1, 0.15) is 38.4 Å². The summed E-state index contributed by atoms with van der Waals surface area (Å²) in [5.74, 6) is 3.19. The zero-order valence-electron chi connectivity index (χ0n) is 13.4. The molecule has 120 valence electrons. The van der Waals surface area contributed by atoms with Crippen LogP contribution in [0, 0.1) is 0 Å². The number of unbranched alkanes of at least 4 members (excludes halogenated alkanes) is 3. The first-order chi connectivity index (χ1) is 10.4. The van der Waals surface area contributed by atoms with Crippen molar-refractivity contribution in [1.82, 2.24) is 10.6 Å². The SMILES string of the molecule is CCNC(=NCCCCCCSC)NCCc1ccco1. The number of hydrogen-bond donors (Lipinski definition) is 2. The van der Waals surface area contributed by atoms with Gasteiger partial charge in [0.05, 0.1) is 6.26 Å². The molecule has 0 bridgehead atoms. The van der Waals surface area contributed by atoms with E-state index in [4.69, 9.17) is 4.42 Å². The quantitative estimate of drug-likeness (QED) is 0.374. The Morgan fingerprint density at radius 1 is 1.24 bits per heavy atom. The van der Waals surface area contributed by atoms with Gasteiger partial charge in [0, 0.05) is 26.1 Å². The molecule has 4 nitrogen and oxygen atoms in total. The zero-order chi connectivity index (χ0) is 15.2. The first-order valence-electron chi connectivity index (χ1n) is 7.90. The van der Waals surface area contributed by atoms with Gasteiger partial charge >= 0.3 is 0 Å². The predicted molar refractivity (Wildman–Crippen MR) is 93.2 cm³/mol. The molecule has 1 heterocycles. The van der Waals surface area contributed by atoms with E-state index in [2.05, 4.69) is 28.8 Å². The van der Waals surface area contributed by atoms with Gasteiger partial charge in [-0.2, -0.15) is 11.8 Å². The van der Waals surface area contributed by atoms with Crippen molar-refractivity contribution in [3.8, 4) is 0 Å². The van der Waals surface area contributed by atoms with Gasteiger partial charge in [-0.15, -0.1) is 0 Å².